The largest absolute Gasteiger partial charge is 0.496 e. The van der Waals surface area contributed by atoms with Crippen LogP contribution in [0.4, 0.5) is 0 Å². The van der Waals surface area contributed by atoms with Crippen LogP contribution in [0.1, 0.15) is 18.6 Å². The molecule has 0 bridgehead atoms. The molecule has 1 unspecified atom stereocenters. The van der Waals surface area contributed by atoms with Gasteiger partial charge in [0.25, 0.3) is 0 Å². The van der Waals surface area contributed by atoms with Crippen LogP contribution in [0.5, 0.6) is 5.75 Å². The zero-order valence-electron chi connectivity index (χ0n) is 9.96. The van der Waals surface area contributed by atoms with Crippen LogP contribution in [-0.4, -0.2) is 40.9 Å². The van der Waals surface area contributed by atoms with Crippen LogP contribution in [0.25, 0.3) is 0 Å². The molecule has 3 N–H and O–H groups in total. The molecule has 0 heterocycles. The molecule has 5 heteroatoms. The normalized spacial score (nSPS) is 14.4. The van der Waals surface area contributed by atoms with Gasteiger partial charge >= 0.3 is 0 Å². The van der Waals surface area contributed by atoms with E-state index in [9.17, 15) is 10.2 Å². The maximum absolute atomic E-state index is 9.73. The lowest BCUT2D eigenvalue weighted by Crippen LogP contribution is -2.14. The van der Waals surface area contributed by atoms with E-state index in [0.29, 0.717) is 17.1 Å². The average molecular weight is 258 g/mol. The molecular weight excluding hydrogens is 240 g/mol. The van der Waals surface area contributed by atoms with Gasteiger partial charge in [0.15, 0.2) is 0 Å². The first-order valence-corrected chi connectivity index (χ1v) is 6.35. The second-order valence-corrected chi connectivity index (χ2v) is 4.76. The highest BCUT2D eigenvalue weighted by atomic mass is 32.2. The zero-order chi connectivity index (χ0) is 12.8. The van der Waals surface area contributed by atoms with E-state index < -0.39 is 12.2 Å². The smallest absolute Gasteiger partial charge is 0.125 e. The standard InChI is InChI=1S/C12H18O4S/c1-8(14)12-10(16-2)4-3-5-11(12)17-7-9(15)6-13/h3-5,8-9,13-15H,6-7H2,1-2H3/t8-,9?/m1/s1. The molecule has 0 aliphatic carbocycles. The Morgan fingerprint density at radius 1 is 1.35 bits per heavy atom. The third-order valence-electron chi connectivity index (χ3n) is 2.31. The van der Waals surface area contributed by atoms with E-state index in [1.54, 1.807) is 20.1 Å². The van der Waals surface area contributed by atoms with Gasteiger partial charge in [-0.25, -0.2) is 0 Å². The minimum Gasteiger partial charge on any atom is -0.496 e. The third kappa shape index (κ3) is 3.89. The lowest BCUT2D eigenvalue weighted by molar-refractivity contribution is 0.113. The van der Waals surface area contributed by atoms with E-state index in [4.69, 9.17) is 9.84 Å². The molecule has 0 aromatic heterocycles. The number of benzene rings is 1. The number of hydrogen-bond acceptors (Lipinski definition) is 5. The van der Waals surface area contributed by atoms with Gasteiger partial charge in [-0.05, 0) is 19.1 Å². The number of methoxy groups -OCH3 is 1. The molecule has 0 aliphatic heterocycles. The molecule has 0 amide bonds. The summed E-state index contributed by atoms with van der Waals surface area (Å²) in [5.41, 5.74) is 0.713. The Labute approximate surface area is 105 Å². The quantitative estimate of drug-likeness (QED) is 0.669. The second-order valence-electron chi connectivity index (χ2n) is 3.70. The molecule has 1 aromatic rings. The van der Waals surface area contributed by atoms with Crippen LogP contribution in [0, 0.1) is 0 Å². The van der Waals surface area contributed by atoms with Crippen LogP contribution in [0.15, 0.2) is 23.1 Å². The van der Waals surface area contributed by atoms with Crippen molar-refractivity contribution in [2.75, 3.05) is 19.5 Å². The first-order valence-electron chi connectivity index (χ1n) is 5.36. The van der Waals surface area contributed by atoms with E-state index in [2.05, 4.69) is 0 Å². The summed E-state index contributed by atoms with van der Waals surface area (Å²) < 4.78 is 5.20. The van der Waals surface area contributed by atoms with E-state index in [1.807, 2.05) is 12.1 Å². The molecule has 0 radical (unpaired) electrons. The zero-order valence-corrected chi connectivity index (χ0v) is 10.8. The first-order chi connectivity index (χ1) is 8.10. The van der Waals surface area contributed by atoms with Crippen molar-refractivity contribution in [1.29, 1.82) is 0 Å². The fourth-order valence-electron chi connectivity index (χ4n) is 1.48. The number of aliphatic hydroxyl groups is 3. The predicted octanol–water partition coefficient (Wildman–Crippen LogP) is 1.19. The number of rotatable bonds is 6. The Bertz CT molecular complexity index is 354. The van der Waals surface area contributed by atoms with Crippen molar-refractivity contribution >= 4 is 11.8 Å². The first kappa shape index (κ1) is 14.3. The van der Waals surface area contributed by atoms with Gasteiger partial charge in [-0.1, -0.05) is 6.07 Å². The summed E-state index contributed by atoms with van der Waals surface area (Å²) in [5, 5.41) is 27.8. The summed E-state index contributed by atoms with van der Waals surface area (Å²) in [6, 6.07) is 5.48. The topological polar surface area (TPSA) is 69.9 Å². The summed E-state index contributed by atoms with van der Waals surface area (Å²) >= 11 is 1.39. The number of hydrogen-bond donors (Lipinski definition) is 3. The van der Waals surface area contributed by atoms with Crippen molar-refractivity contribution < 1.29 is 20.1 Å². The minimum atomic E-state index is -0.756. The van der Waals surface area contributed by atoms with Gasteiger partial charge in [0.1, 0.15) is 5.75 Å². The number of aliphatic hydroxyl groups excluding tert-OH is 3. The van der Waals surface area contributed by atoms with Gasteiger partial charge in [-0.2, -0.15) is 0 Å². The monoisotopic (exact) mass is 258 g/mol. The van der Waals surface area contributed by atoms with E-state index in [1.165, 1.54) is 11.8 Å². The molecule has 1 rings (SSSR count). The molecule has 0 saturated heterocycles. The van der Waals surface area contributed by atoms with Crippen LogP contribution in [-0.2, 0) is 0 Å². The molecule has 96 valence electrons. The van der Waals surface area contributed by atoms with Crippen molar-refractivity contribution in [3.05, 3.63) is 23.8 Å². The van der Waals surface area contributed by atoms with Crippen LogP contribution in [0.2, 0.25) is 0 Å². The third-order valence-corrected chi connectivity index (χ3v) is 3.52. The van der Waals surface area contributed by atoms with Gasteiger partial charge in [-0.3, -0.25) is 0 Å². The summed E-state index contributed by atoms with van der Waals surface area (Å²) in [6.07, 6.45) is -1.40. The predicted molar refractivity (Wildman–Crippen MR) is 67.4 cm³/mol. The van der Waals surface area contributed by atoms with Crippen LogP contribution < -0.4 is 4.74 Å². The Morgan fingerprint density at radius 3 is 2.59 bits per heavy atom. The number of ether oxygens (including phenoxy) is 1. The Balaban J connectivity index is 2.90. The Hall–Kier alpha value is -0.750. The number of thioether (sulfide) groups is 1. The highest BCUT2D eigenvalue weighted by molar-refractivity contribution is 7.99. The fraction of sp³-hybridized carbons (Fsp3) is 0.500. The minimum absolute atomic E-state index is 0.263. The fourth-order valence-corrected chi connectivity index (χ4v) is 2.56. The van der Waals surface area contributed by atoms with Crippen molar-refractivity contribution in [2.24, 2.45) is 0 Å². The maximum atomic E-state index is 9.73. The molecule has 1 aromatic carbocycles. The van der Waals surface area contributed by atoms with Crippen LogP contribution >= 0.6 is 11.8 Å². The van der Waals surface area contributed by atoms with Crippen molar-refractivity contribution in [3.63, 3.8) is 0 Å². The van der Waals surface area contributed by atoms with Gasteiger partial charge in [0.2, 0.25) is 0 Å². The van der Waals surface area contributed by atoms with Crippen LogP contribution in [0.3, 0.4) is 0 Å². The summed E-state index contributed by atoms with van der Waals surface area (Å²) in [5.74, 6) is 1.01. The summed E-state index contributed by atoms with van der Waals surface area (Å²) in [6.45, 7) is 1.41. The lowest BCUT2D eigenvalue weighted by Gasteiger charge is -2.16. The van der Waals surface area contributed by atoms with Gasteiger partial charge in [-0.15, -0.1) is 11.8 Å². The van der Waals surface area contributed by atoms with Crippen molar-refractivity contribution in [3.8, 4) is 5.75 Å². The Kier molecular flexibility index (Phi) is 5.77. The summed E-state index contributed by atoms with van der Waals surface area (Å²) in [4.78, 5) is 0.854. The highest BCUT2D eigenvalue weighted by Gasteiger charge is 2.15. The molecule has 0 spiro atoms. The van der Waals surface area contributed by atoms with Gasteiger partial charge in [0.05, 0.1) is 25.9 Å². The van der Waals surface area contributed by atoms with Crippen molar-refractivity contribution in [1.82, 2.24) is 0 Å². The molecule has 4 nitrogen and oxygen atoms in total. The lowest BCUT2D eigenvalue weighted by atomic mass is 10.1. The summed E-state index contributed by atoms with van der Waals surface area (Å²) in [7, 11) is 1.55. The molecule has 0 saturated carbocycles. The average Bonchev–Trinajstić information content (AvgIpc) is 2.34. The Morgan fingerprint density at radius 2 is 2.06 bits per heavy atom. The SMILES string of the molecule is COc1cccc(SCC(O)CO)c1[C@@H](C)O. The molecule has 0 aliphatic rings. The second kappa shape index (κ2) is 6.86. The highest BCUT2D eigenvalue weighted by Crippen LogP contribution is 2.34. The van der Waals surface area contributed by atoms with E-state index in [0.717, 1.165) is 4.90 Å². The molecule has 2 atom stereocenters. The molecule has 17 heavy (non-hydrogen) atoms. The molecule has 0 fully saturated rings. The van der Waals surface area contributed by atoms with E-state index in [-0.39, 0.29) is 6.61 Å². The van der Waals surface area contributed by atoms with Crippen molar-refractivity contribution in [2.45, 2.75) is 24.0 Å². The van der Waals surface area contributed by atoms with Gasteiger partial charge < -0.3 is 20.1 Å². The van der Waals surface area contributed by atoms with Gasteiger partial charge in [0, 0.05) is 16.2 Å². The van der Waals surface area contributed by atoms with E-state index >= 15 is 0 Å². The molecular formula is C12H18O4S. The maximum Gasteiger partial charge on any atom is 0.125 e.